The molecular weight excluding hydrogens is 317 g/mol. The first-order valence-corrected chi connectivity index (χ1v) is 6.19. The second-order valence-corrected chi connectivity index (χ2v) is 4.72. The topological polar surface area (TPSA) is 53.5 Å². The van der Waals surface area contributed by atoms with Gasteiger partial charge in [0.1, 0.15) is 0 Å². The molecule has 1 aromatic rings. The van der Waals surface area contributed by atoms with Crippen LogP contribution in [0.2, 0.25) is 0 Å². The van der Waals surface area contributed by atoms with E-state index in [9.17, 15) is 4.79 Å². The summed E-state index contributed by atoms with van der Waals surface area (Å²) in [5.74, 6) is 0.269. The lowest BCUT2D eigenvalue weighted by atomic mass is 10.3. The highest BCUT2D eigenvalue weighted by Gasteiger charge is 2.13. The summed E-state index contributed by atoms with van der Waals surface area (Å²) in [5, 5.41) is 5.79. The number of amidine groups is 1. The predicted molar refractivity (Wildman–Crippen MR) is 72.7 cm³/mol. The van der Waals surface area contributed by atoms with Crippen molar-refractivity contribution in [2.24, 2.45) is 4.99 Å². The SMILES string of the molecule is O=C(Nc1ccc(I)cc1)C1=NCCCN1. The molecule has 4 nitrogen and oxygen atoms in total. The first-order valence-electron chi connectivity index (χ1n) is 5.11. The van der Waals surface area contributed by atoms with Crippen molar-refractivity contribution in [2.45, 2.75) is 6.42 Å². The van der Waals surface area contributed by atoms with Gasteiger partial charge in [-0.05, 0) is 53.3 Å². The Morgan fingerprint density at radius 2 is 2.12 bits per heavy atom. The van der Waals surface area contributed by atoms with Gasteiger partial charge in [-0.1, -0.05) is 0 Å². The molecule has 0 radical (unpaired) electrons. The minimum Gasteiger partial charge on any atom is -0.366 e. The number of aliphatic imine (C=N–C) groups is 1. The summed E-state index contributed by atoms with van der Waals surface area (Å²) in [6, 6.07) is 7.66. The molecule has 5 heteroatoms. The molecule has 2 N–H and O–H groups in total. The number of benzene rings is 1. The maximum atomic E-state index is 11.7. The zero-order valence-corrected chi connectivity index (χ0v) is 10.8. The molecule has 1 amide bonds. The van der Waals surface area contributed by atoms with Crippen molar-refractivity contribution in [3.8, 4) is 0 Å². The Morgan fingerprint density at radius 1 is 1.38 bits per heavy atom. The second-order valence-electron chi connectivity index (χ2n) is 3.47. The highest BCUT2D eigenvalue weighted by Crippen LogP contribution is 2.11. The zero-order chi connectivity index (χ0) is 11.4. The van der Waals surface area contributed by atoms with E-state index in [1.54, 1.807) is 0 Å². The minimum absolute atomic E-state index is 0.166. The first-order chi connectivity index (χ1) is 7.75. The molecule has 0 saturated heterocycles. The number of rotatable bonds is 2. The van der Waals surface area contributed by atoms with E-state index in [2.05, 4.69) is 38.2 Å². The molecule has 0 aliphatic carbocycles. The number of hydrogen-bond acceptors (Lipinski definition) is 3. The second kappa shape index (κ2) is 5.29. The van der Waals surface area contributed by atoms with Crippen molar-refractivity contribution in [1.29, 1.82) is 0 Å². The van der Waals surface area contributed by atoms with Crippen LogP contribution >= 0.6 is 22.6 Å². The number of hydrogen-bond donors (Lipinski definition) is 2. The summed E-state index contributed by atoms with van der Waals surface area (Å²) >= 11 is 2.22. The molecule has 1 aliphatic rings. The zero-order valence-electron chi connectivity index (χ0n) is 8.66. The van der Waals surface area contributed by atoms with Crippen LogP contribution in [0.4, 0.5) is 5.69 Å². The quantitative estimate of drug-likeness (QED) is 0.811. The normalized spacial score (nSPS) is 14.9. The predicted octanol–water partition coefficient (Wildman–Crippen LogP) is 1.62. The Labute approximate surface area is 108 Å². The molecule has 0 atom stereocenters. The van der Waals surface area contributed by atoms with Crippen LogP contribution in [0.1, 0.15) is 6.42 Å². The fraction of sp³-hybridized carbons (Fsp3) is 0.273. The van der Waals surface area contributed by atoms with E-state index in [0.29, 0.717) is 5.84 Å². The highest BCUT2D eigenvalue weighted by atomic mass is 127. The third kappa shape index (κ3) is 2.94. The Bertz CT molecular complexity index is 414. The number of halogens is 1. The Balaban J connectivity index is 2.01. The number of anilines is 1. The van der Waals surface area contributed by atoms with Crippen molar-refractivity contribution in [1.82, 2.24) is 5.32 Å². The average molecular weight is 329 g/mol. The summed E-state index contributed by atoms with van der Waals surface area (Å²) in [6.07, 6.45) is 0.986. The number of nitrogens with one attached hydrogen (secondary N) is 2. The van der Waals surface area contributed by atoms with Gasteiger partial charge in [-0.3, -0.25) is 9.79 Å². The maximum absolute atomic E-state index is 11.7. The summed E-state index contributed by atoms with van der Waals surface area (Å²) in [6.45, 7) is 1.54. The molecule has 1 heterocycles. The molecule has 0 bridgehead atoms. The largest absolute Gasteiger partial charge is 0.366 e. The molecule has 1 aliphatic heterocycles. The molecule has 16 heavy (non-hydrogen) atoms. The molecule has 2 rings (SSSR count). The third-order valence-electron chi connectivity index (χ3n) is 2.21. The average Bonchev–Trinajstić information content (AvgIpc) is 2.33. The van der Waals surface area contributed by atoms with Crippen molar-refractivity contribution in [3.63, 3.8) is 0 Å². The molecular formula is C11H12IN3O. The van der Waals surface area contributed by atoms with Gasteiger partial charge < -0.3 is 10.6 Å². The van der Waals surface area contributed by atoms with E-state index in [0.717, 1.165) is 28.8 Å². The number of carbonyl (C=O) groups excluding carboxylic acids is 1. The molecule has 0 aromatic heterocycles. The van der Waals surface area contributed by atoms with Gasteiger partial charge in [-0.2, -0.15) is 0 Å². The van der Waals surface area contributed by atoms with Crippen LogP contribution in [0.25, 0.3) is 0 Å². The molecule has 0 saturated carbocycles. The highest BCUT2D eigenvalue weighted by molar-refractivity contribution is 14.1. The summed E-state index contributed by atoms with van der Waals surface area (Å²) < 4.78 is 1.14. The Morgan fingerprint density at radius 3 is 2.75 bits per heavy atom. The summed E-state index contributed by atoms with van der Waals surface area (Å²) in [7, 11) is 0. The van der Waals surface area contributed by atoms with Gasteiger partial charge in [0.25, 0.3) is 5.91 Å². The maximum Gasteiger partial charge on any atom is 0.290 e. The van der Waals surface area contributed by atoms with Crippen molar-refractivity contribution in [2.75, 3.05) is 18.4 Å². The summed E-state index contributed by atoms with van der Waals surface area (Å²) in [5.41, 5.74) is 0.792. The smallest absolute Gasteiger partial charge is 0.290 e. The van der Waals surface area contributed by atoms with Crippen molar-refractivity contribution in [3.05, 3.63) is 27.8 Å². The standard InChI is InChI=1S/C11H12IN3O/c12-8-2-4-9(5-3-8)15-11(16)10-13-6-1-7-14-10/h2-5H,1,6-7H2,(H,13,14)(H,15,16). The van der Waals surface area contributed by atoms with Crippen LogP contribution in [0, 0.1) is 3.57 Å². The fourth-order valence-electron chi connectivity index (χ4n) is 1.41. The van der Waals surface area contributed by atoms with E-state index < -0.39 is 0 Å². The van der Waals surface area contributed by atoms with Gasteiger partial charge in [0, 0.05) is 22.3 Å². The Kier molecular flexibility index (Phi) is 3.76. The van der Waals surface area contributed by atoms with Crippen LogP contribution in [0.15, 0.2) is 29.3 Å². The van der Waals surface area contributed by atoms with Crippen LogP contribution in [0.5, 0.6) is 0 Å². The Hall–Kier alpha value is -1.11. The molecule has 0 unspecified atom stereocenters. The first kappa shape index (κ1) is 11.4. The molecule has 0 fully saturated rings. The van der Waals surface area contributed by atoms with Crippen LogP contribution in [-0.2, 0) is 4.79 Å². The fourth-order valence-corrected chi connectivity index (χ4v) is 1.77. The van der Waals surface area contributed by atoms with Crippen LogP contribution in [0.3, 0.4) is 0 Å². The number of carbonyl (C=O) groups is 1. The van der Waals surface area contributed by atoms with Gasteiger partial charge in [0.05, 0.1) is 0 Å². The lowest BCUT2D eigenvalue weighted by Gasteiger charge is -2.14. The van der Waals surface area contributed by atoms with E-state index in [4.69, 9.17) is 0 Å². The minimum atomic E-state index is -0.166. The number of amides is 1. The molecule has 1 aromatic carbocycles. The molecule has 84 valence electrons. The van der Waals surface area contributed by atoms with Gasteiger partial charge in [-0.25, -0.2) is 0 Å². The van der Waals surface area contributed by atoms with Gasteiger partial charge in [0.2, 0.25) is 0 Å². The van der Waals surface area contributed by atoms with E-state index in [1.165, 1.54) is 0 Å². The third-order valence-corrected chi connectivity index (χ3v) is 2.93. The van der Waals surface area contributed by atoms with Crippen LogP contribution in [-0.4, -0.2) is 24.8 Å². The van der Waals surface area contributed by atoms with Crippen LogP contribution < -0.4 is 10.6 Å². The monoisotopic (exact) mass is 329 g/mol. The van der Waals surface area contributed by atoms with Gasteiger partial charge in [-0.15, -0.1) is 0 Å². The number of nitrogens with zero attached hydrogens (tertiary/aromatic N) is 1. The lowest BCUT2D eigenvalue weighted by Crippen LogP contribution is -2.39. The van der Waals surface area contributed by atoms with Gasteiger partial charge >= 0.3 is 0 Å². The van der Waals surface area contributed by atoms with Crippen molar-refractivity contribution < 1.29 is 4.79 Å². The lowest BCUT2D eigenvalue weighted by molar-refractivity contribution is -0.110. The van der Waals surface area contributed by atoms with Gasteiger partial charge in [0.15, 0.2) is 5.84 Å². The summed E-state index contributed by atoms with van der Waals surface area (Å²) in [4.78, 5) is 15.9. The molecule has 0 spiro atoms. The van der Waals surface area contributed by atoms with E-state index >= 15 is 0 Å². The van der Waals surface area contributed by atoms with E-state index in [1.807, 2.05) is 24.3 Å². The van der Waals surface area contributed by atoms with E-state index in [-0.39, 0.29) is 5.91 Å². The van der Waals surface area contributed by atoms with Crippen molar-refractivity contribution >= 4 is 40.0 Å².